The summed E-state index contributed by atoms with van der Waals surface area (Å²) in [6.07, 6.45) is 4.03. The molecule has 0 radical (unpaired) electrons. The Bertz CT molecular complexity index is 415. The molecule has 17 heavy (non-hydrogen) atoms. The smallest absolute Gasteiger partial charge is 0.339 e. The lowest BCUT2D eigenvalue weighted by molar-refractivity contribution is 0.0692. The van der Waals surface area contributed by atoms with Gasteiger partial charge in [-0.2, -0.15) is 4.73 Å². The van der Waals surface area contributed by atoms with Crippen molar-refractivity contribution >= 4 is 37.8 Å². The van der Waals surface area contributed by atoms with Crippen molar-refractivity contribution in [3.63, 3.8) is 0 Å². The van der Waals surface area contributed by atoms with Crippen LogP contribution in [0.3, 0.4) is 0 Å². The fourth-order valence-corrected chi connectivity index (χ4v) is 3.38. The second-order valence-corrected chi connectivity index (χ2v) is 5.21. The molecule has 0 aliphatic carbocycles. The number of hydrogen-bond acceptors (Lipinski definition) is 2. The van der Waals surface area contributed by atoms with Crippen molar-refractivity contribution in [1.82, 2.24) is 4.73 Å². The molecule has 0 atom stereocenters. The van der Waals surface area contributed by atoms with Gasteiger partial charge in [-0.1, -0.05) is 19.8 Å². The van der Waals surface area contributed by atoms with Crippen molar-refractivity contribution in [1.29, 1.82) is 0 Å². The van der Waals surface area contributed by atoms with E-state index in [1.807, 2.05) is 0 Å². The van der Waals surface area contributed by atoms with Gasteiger partial charge in [0, 0.05) is 0 Å². The third-order valence-electron chi connectivity index (χ3n) is 2.52. The summed E-state index contributed by atoms with van der Waals surface area (Å²) in [5.74, 6) is -0.976. The van der Waals surface area contributed by atoms with Gasteiger partial charge in [-0.15, -0.1) is 0 Å². The molecule has 0 aromatic carbocycles. The van der Waals surface area contributed by atoms with Gasteiger partial charge in [-0.25, -0.2) is 4.79 Å². The fraction of sp³-hybridized carbons (Fsp3) is 0.545. The van der Waals surface area contributed by atoms with Gasteiger partial charge >= 0.3 is 5.97 Å². The average molecular weight is 369 g/mol. The van der Waals surface area contributed by atoms with Crippen LogP contribution in [0.25, 0.3) is 0 Å². The van der Waals surface area contributed by atoms with E-state index in [0.29, 0.717) is 9.08 Å². The summed E-state index contributed by atoms with van der Waals surface area (Å²) in [7, 11) is 1.52. The van der Waals surface area contributed by atoms with Crippen LogP contribution in [0.15, 0.2) is 9.08 Å². The Labute approximate surface area is 117 Å². The predicted molar refractivity (Wildman–Crippen MR) is 72.5 cm³/mol. The molecule has 0 fully saturated rings. The third-order valence-corrected chi connectivity index (χ3v) is 4.09. The molecule has 1 N–H and O–H groups in total. The molecule has 0 amide bonds. The van der Waals surface area contributed by atoms with E-state index in [1.54, 1.807) is 0 Å². The minimum Gasteiger partial charge on any atom is -0.478 e. The molecule has 0 bridgehead atoms. The van der Waals surface area contributed by atoms with Gasteiger partial charge in [0.15, 0.2) is 0 Å². The second-order valence-electron chi connectivity index (χ2n) is 3.67. The first-order chi connectivity index (χ1) is 8.04. The molecule has 1 aromatic heterocycles. The molecule has 6 heteroatoms. The standard InChI is InChI=1S/C11H15Br2NO3/c1-3-4-5-6-7-9(12)8(11(15)16)10(13)14(7)17-2/h3-6H2,1-2H3,(H,15,16). The van der Waals surface area contributed by atoms with Gasteiger partial charge in [0.2, 0.25) is 0 Å². The molecule has 96 valence electrons. The first-order valence-electron chi connectivity index (χ1n) is 5.40. The number of unbranched alkanes of at least 4 members (excludes halogenated alkanes) is 2. The lowest BCUT2D eigenvalue weighted by Gasteiger charge is -2.08. The van der Waals surface area contributed by atoms with E-state index in [0.717, 1.165) is 31.4 Å². The highest BCUT2D eigenvalue weighted by molar-refractivity contribution is 9.11. The molecule has 1 aromatic rings. The van der Waals surface area contributed by atoms with E-state index < -0.39 is 5.97 Å². The molecule has 0 saturated carbocycles. The zero-order valence-corrected chi connectivity index (χ0v) is 13.0. The van der Waals surface area contributed by atoms with Gasteiger partial charge in [0.1, 0.15) is 17.3 Å². The number of halogens is 2. The van der Waals surface area contributed by atoms with Crippen molar-refractivity contribution in [3.8, 4) is 0 Å². The summed E-state index contributed by atoms with van der Waals surface area (Å²) < 4.78 is 2.55. The van der Waals surface area contributed by atoms with E-state index in [9.17, 15) is 4.79 Å². The quantitative estimate of drug-likeness (QED) is 0.781. The average Bonchev–Trinajstić information content (AvgIpc) is 2.50. The normalized spacial score (nSPS) is 10.6. The number of carboxylic acid groups (broad SMARTS) is 1. The summed E-state index contributed by atoms with van der Waals surface area (Å²) in [6, 6.07) is 0. The van der Waals surface area contributed by atoms with E-state index >= 15 is 0 Å². The minimum absolute atomic E-state index is 0.207. The highest BCUT2D eigenvalue weighted by atomic mass is 79.9. The molecule has 0 spiro atoms. The zero-order chi connectivity index (χ0) is 13.0. The number of rotatable bonds is 6. The summed E-state index contributed by atoms with van der Waals surface area (Å²) in [5, 5.41) is 9.12. The van der Waals surface area contributed by atoms with Gasteiger partial charge in [0.05, 0.1) is 10.2 Å². The number of nitrogens with zero attached hydrogens (tertiary/aromatic N) is 1. The Balaban J connectivity index is 3.10. The topological polar surface area (TPSA) is 51.5 Å². The van der Waals surface area contributed by atoms with E-state index in [1.165, 1.54) is 11.8 Å². The van der Waals surface area contributed by atoms with Crippen molar-refractivity contribution in [2.75, 3.05) is 7.11 Å². The van der Waals surface area contributed by atoms with Crippen LogP contribution >= 0.6 is 31.9 Å². The van der Waals surface area contributed by atoms with Crippen LogP contribution in [0.2, 0.25) is 0 Å². The SMILES string of the molecule is CCCCCc1c(Br)c(C(=O)O)c(Br)n1OC. The Morgan fingerprint density at radius 1 is 1.41 bits per heavy atom. The van der Waals surface area contributed by atoms with E-state index in [2.05, 4.69) is 38.8 Å². The monoisotopic (exact) mass is 367 g/mol. The number of hydrogen-bond donors (Lipinski definition) is 1. The molecule has 4 nitrogen and oxygen atoms in total. The lowest BCUT2D eigenvalue weighted by atomic mass is 10.1. The molecular formula is C11H15Br2NO3. The van der Waals surface area contributed by atoms with Crippen LogP contribution in [0, 0.1) is 0 Å². The van der Waals surface area contributed by atoms with Crippen LogP contribution in [0.4, 0.5) is 0 Å². The van der Waals surface area contributed by atoms with Gasteiger partial charge in [-0.3, -0.25) is 0 Å². The van der Waals surface area contributed by atoms with E-state index in [4.69, 9.17) is 9.94 Å². The van der Waals surface area contributed by atoms with E-state index in [-0.39, 0.29) is 5.56 Å². The Morgan fingerprint density at radius 3 is 2.53 bits per heavy atom. The molecular weight excluding hydrogens is 354 g/mol. The number of carbonyl (C=O) groups is 1. The van der Waals surface area contributed by atoms with Crippen molar-refractivity contribution < 1.29 is 14.7 Å². The maximum Gasteiger partial charge on any atom is 0.339 e. The summed E-state index contributed by atoms with van der Waals surface area (Å²) in [6.45, 7) is 2.13. The lowest BCUT2D eigenvalue weighted by Crippen LogP contribution is -2.10. The molecule has 1 rings (SSSR count). The molecule has 0 aliphatic rings. The largest absolute Gasteiger partial charge is 0.478 e. The van der Waals surface area contributed by atoms with Gasteiger partial charge in [-0.05, 0) is 44.7 Å². The van der Waals surface area contributed by atoms with Gasteiger partial charge in [0.25, 0.3) is 0 Å². The number of carboxylic acids is 1. The first-order valence-corrected chi connectivity index (χ1v) is 6.99. The number of aromatic nitrogens is 1. The Morgan fingerprint density at radius 2 is 2.06 bits per heavy atom. The molecule has 0 aliphatic heterocycles. The minimum atomic E-state index is -0.976. The van der Waals surface area contributed by atoms with Crippen molar-refractivity contribution in [2.45, 2.75) is 32.6 Å². The summed E-state index contributed by atoms with van der Waals surface area (Å²) >= 11 is 6.58. The molecule has 0 saturated heterocycles. The van der Waals surface area contributed by atoms with Crippen molar-refractivity contribution in [3.05, 3.63) is 20.3 Å². The van der Waals surface area contributed by atoms with Crippen LogP contribution in [0.5, 0.6) is 0 Å². The third kappa shape index (κ3) is 3.04. The molecule has 1 heterocycles. The Hall–Kier alpha value is -0.490. The maximum absolute atomic E-state index is 11.1. The predicted octanol–water partition coefficient (Wildman–Crippen LogP) is 3.50. The highest BCUT2D eigenvalue weighted by Crippen LogP contribution is 2.32. The summed E-state index contributed by atoms with van der Waals surface area (Å²) in [5.41, 5.74) is 1.06. The summed E-state index contributed by atoms with van der Waals surface area (Å²) in [4.78, 5) is 16.3. The van der Waals surface area contributed by atoms with Crippen LogP contribution in [0.1, 0.15) is 42.2 Å². The van der Waals surface area contributed by atoms with Crippen molar-refractivity contribution in [2.24, 2.45) is 0 Å². The fourth-order valence-electron chi connectivity index (χ4n) is 1.67. The highest BCUT2D eigenvalue weighted by Gasteiger charge is 2.24. The molecule has 0 unspecified atom stereocenters. The maximum atomic E-state index is 11.1. The first kappa shape index (κ1) is 14.6. The van der Waals surface area contributed by atoms with Crippen LogP contribution < -0.4 is 4.84 Å². The second kappa shape index (κ2) is 6.44. The number of aromatic carboxylic acids is 1. The van der Waals surface area contributed by atoms with Gasteiger partial charge < -0.3 is 9.94 Å². The Kier molecular flexibility index (Phi) is 5.52. The van der Waals surface area contributed by atoms with Crippen LogP contribution in [-0.4, -0.2) is 22.9 Å². The zero-order valence-electron chi connectivity index (χ0n) is 9.80. The van der Waals surface area contributed by atoms with Crippen LogP contribution in [-0.2, 0) is 6.42 Å².